The van der Waals surface area contributed by atoms with E-state index < -0.39 is 5.97 Å². The van der Waals surface area contributed by atoms with E-state index in [4.69, 9.17) is 14.5 Å². The Morgan fingerprint density at radius 2 is 2.09 bits per heavy atom. The van der Waals surface area contributed by atoms with Gasteiger partial charge in [0.05, 0.1) is 7.11 Å². The van der Waals surface area contributed by atoms with E-state index in [1.807, 2.05) is 13.0 Å². The Labute approximate surface area is 130 Å². The number of rotatable bonds is 1. The molecule has 0 amide bonds. The fourth-order valence-electron chi connectivity index (χ4n) is 2.43. The third-order valence-electron chi connectivity index (χ3n) is 3.61. The second-order valence-corrected chi connectivity index (χ2v) is 5.43. The maximum absolute atomic E-state index is 12.3. The van der Waals surface area contributed by atoms with Gasteiger partial charge in [0.15, 0.2) is 0 Å². The Bertz CT molecular complexity index is 550. The standard InChI is InChI=1S/C17H22O5/c1-12-8-6-4-3-5-7-9-13-10-14(18)11-15(20-2)16(13)17(19)22-21-12/h7,9-12,18H,3-6,8H2,1-2H3/t12-/m1/s1. The van der Waals surface area contributed by atoms with Crippen molar-refractivity contribution in [2.75, 3.05) is 7.11 Å². The predicted molar refractivity (Wildman–Crippen MR) is 82.7 cm³/mol. The van der Waals surface area contributed by atoms with Gasteiger partial charge in [0.1, 0.15) is 23.2 Å². The van der Waals surface area contributed by atoms with Crippen LogP contribution >= 0.6 is 0 Å². The summed E-state index contributed by atoms with van der Waals surface area (Å²) in [4.78, 5) is 22.4. The first-order chi connectivity index (χ1) is 10.6. The number of aromatic hydroxyl groups is 1. The molecule has 120 valence electrons. The maximum Gasteiger partial charge on any atom is 0.377 e. The lowest BCUT2D eigenvalue weighted by atomic mass is 10.0. The van der Waals surface area contributed by atoms with Crippen molar-refractivity contribution in [3.05, 3.63) is 29.3 Å². The minimum atomic E-state index is -0.623. The smallest absolute Gasteiger partial charge is 0.377 e. The summed E-state index contributed by atoms with van der Waals surface area (Å²) in [5.74, 6) is -0.329. The molecule has 0 saturated carbocycles. The van der Waals surface area contributed by atoms with Gasteiger partial charge in [0.25, 0.3) is 0 Å². The Morgan fingerprint density at radius 3 is 2.86 bits per heavy atom. The summed E-state index contributed by atoms with van der Waals surface area (Å²) in [6.45, 7) is 1.88. The molecule has 1 aliphatic heterocycles. The summed E-state index contributed by atoms with van der Waals surface area (Å²) in [5, 5.41) is 9.76. The molecule has 0 unspecified atom stereocenters. The number of benzene rings is 1. The molecule has 0 fully saturated rings. The molecule has 1 atom stereocenters. The minimum absolute atomic E-state index is 0.0339. The van der Waals surface area contributed by atoms with Crippen molar-refractivity contribution in [1.29, 1.82) is 0 Å². The van der Waals surface area contributed by atoms with Crippen molar-refractivity contribution < 1.29 is 24.4 Å². The molecular formula is C17H22O5. The molecule has 2 rings (SSSR count). The van der Waals surface area contributed by atoms with Crippen molar-refractivity contribution in [3.8, 4) is 11.5 Å². The topological polar surface area (TPSA) is 65.0 Å². The largest absolute Gasteiger partial charge is 0.508 e. The van der Waals surface area contributed by atoms with E-state index in [-0.39, 0.29) is 23.2 Å². The average molecular weight is 306 g/mol. The molecule has 0 spiro atoms. The lowest BCUT2D eigenvalue weighted by Crippen LogP contribution is -2.15. The molecular weight excluding hydrogens is 284 g/mol. The van der Waals surface area contributed by atoms with Gasteiger partial charge in [-0.1, -0.05) is 25.0 Å². The summed E-state index contributed by atoms with van der Waals surface area (Å²) in [7, 11) is 1.44. The van der Waals surface area contributed by atoms with E-state index in [0.717, 1.165) is 32.1 Å². The van der Waals surface area contributed by atoms with Gasteiger partial charge in [0.2, 0.25) is 0 Å². The van der Waals surface area contributed by atoms with Crippen LogP contribution in [0.3, 0.4) is 0 Å². The quantitative estimate of drug-likeness (QED) is 0.798. The van der Waals surface area contributed by atoms with E-state index >= 15 is 0 Å². The van der Waals surface area contributed by atoms with Gasteiger partial charge in [-0.25, -0.2) is 4.79 Å². The Morgan fingerprint density at radius 1 is 1.27 bits per heavy atom. The minimum Gasteiger partial charge on any atom is -0.508 e. The SMILES string of the molecule is COc1cc(O)cc2c1C(=O)OO[C@H](C)CCCCCC=C2. The number of methoxy groups -OCH3 is 1. The Balaban J connectivity index is 2.37. The highest BCUT2D eigenvalue weighted by molar-refractivity contribution is 5.96. The fourth-order valence-corrected chi connectivity index (χ4v) is 2.43. The number of carbonyl (C=O) groups excluding carboxylic acids is 1. The second kappa shape index (κ2) is 7.84. The average Bonchev–Trinajstić information content (AvgIpc) is 2.51. The van der Waals surface area contributed by atoms with Gasteiger partial charge in [-0.05, 0) is 37.8 Å². The van der Waals surface area contributed by atoms with Crippen LogP contribution in [0.1, 0.15) is 54.9 Å². The monoisotopic (exact) mass is 306 g/mol. The van der Waals surface area contributed by atoms with E-state index in [0.29, 0.717) is 5.56 Å². The number of hydrogen-bond acceptors (Lipinski definition) is 5. The summed E-state index contributed by atoms with van der Waals surface area (Å²) in [6, 6.07) is 2.90. The second-order valence-electron chi connectivity index (χ2n) is 5.43. The zero-order valence-corrected chi connectivity index (χ0v) is 13.0. The summed E-state index contributed by atoms with van der Waals surface area (Å²) in [6.07, 6.45) is 8.62. The van der Waals surface area contributed by atoms with Crippen LogP contribution < -0.4 is 4.74 Å². The van der Waals surface area contributed by atoms with Crippen LogP contribution in [0.25, 0.3) is 6.08 Å². The first-order valence-corrected chi connectivity index (χ1v) is 7.57. The third-order valence-corrected chi connectivity index (χ3v) is 3.61. The molecule has 0 bridgehead atoms. The number of hydrogen-bond donors (Lipinski definition) is 1. The Hall–Kier alpha value is -2.01. The molecule has 1 aromatic rings. The molecule has 1 N–H and O–H groups in total. The number of fused-ring (bicyclic) bond motifs is 1. The molecule has 5 heteroatoms. The fraction of sp³-hybridized carbons (Fsp3) is 0.471. The number of phenolic OH excluding ortho intramolecular Hbond substituents is 1. The van der Waals surface area contributed by atoms with Crippen LogP contribution in [0, 0.1) is 0 Å². The summed E-state index contributed by atoms with van der Waals surface area (Å²) in [5.41, 5.74) is 0.806. The van der Waals surface area contributed by atoms with Gasteiger partial charge in [-0.3, -0.25) is 4.89 Å². The van der Waals surface area contributed by atoms with E-state index in [1.165, 1.54) is 19.2 Å². The van der Waals surface area contributed by atoms with Gasteiger partial charge >= 0.3 is 5.97 Å². The summed E-state index contributed by atoms with van der Waals surface area (Å²) < 4.78 is 5.19. The number of phenols is 1. The van der Waals surface area contributed by atoms with Crippen molar-refractivity contribution in [2.24, 2.45) is 0 Å². The Kier molecular flexibility index (Phi) is 5.83. The maximum atomic E-state index is 12.3. The van der Waals surface area contributed by atoms with Gasteiger partial charge < -0.3 is 9.84 Å². The molecule has 0 aliphatic carbocycles. The van der Waals surface area contributed by atoms with Crippen LogP contribution in [0.4, 0.5) is 0 Å². The van der Waals surface area contributed by atoms with Crippen LogP contribution in [0.5, 0.6) is 11.5 Å². The van der Waals surface area contributed by atoms with Crippen LogP contribution in [-0.4, -0.2) is 24.3 Å². The van der Waals surface area contributed by atoms with Crippen molar-refractivity contribution in [3.63, 3.8) is 0 Å². The zero-order chi connectivity index (χ0) is 15.9. The van der Waals surface area contributed by atoms with E-state index in [1.54, 1.807) is 6.08 Å². The number of allylic oxidation sites excluding steroid dienone is 1. The van der Waals surface area contributed by atoms with Crippen LogP contribution in [0.15, 0.2) is 18.2 Å². The third kappa shape index (κ3) is 4.24. The predicted octanol–water partition coefficient (Wildman–Crippen LogP) is 3.86. The number of carbonyl (C=O) groups is 1. The molecule has 0 radical (unpaired) electrons. The summed E-state index contributed by atoms with van der Waals surface area (Å²) >= 11 is 0. The highest BCUT2D eigenvalue weighted by atomic mass is 17.2. The van der Waals surface area contributed by atoms with Crippen molar-refractivity contribution in [2.45, 2.75) is 45.1 Å². The molecule has 5 nitrogen and oxygen atoms in total. The highest BCUT2D eigenvalue weighted by Gasteiger charge is 2.21. The molecule has 1 aliphatic rings. The first kappa shape index (κ1) is 16.4. The molecule has 1 aromatic carbocycles. The van der Waals surface area contributed by atoms with Gasteiger partial charge in [-0.15, -0.1) is 0 Å². The normalized spacial score (nSPS) is 20.1. The molecule has 0 aromatic heterocycles. The molecule has 1 heterocycles. The first-order valence-electron chi connectivity index (χ1n) is 7.57. The van der Waals surface area contributed by atoms with E-state index in [9.17, 15) is 9.90 Å². The van der Waals surface area contributed by atoms with Crippen LogP contribution in [-0.2, 0) is 9.78 Å². The van der Waals surface area contributed by atoms with Crippen molar-refractivity contribution in [1.82, 2.24) is 0 Å². The lowest BCUT2D eigenvalue weighted by Gasteiger charge is -2.14. The molecule has 0 saturated heterocycles. The van der Waals surface area contributed by atoms with Gasteiger partial charge in [-0.2, -0.15) is 4.89 Å². The van der Waals surface area contributed by atoms with Crippen LogP contribution in [0.2, 0.25) is 0 Å². The van der Waals surface area contributed by atoms with E-state index in [2.05, 4.69) is 0 Å². The zero-order valence-electron chi connectivity index (χ0n) is 13.0. The lowest BCUT2D eigenvalue weighted by molar-refractivity contribution is -0.271. The van der Waals surface area contributed by atoms with Gasteiger partial charge in [0, 0.05) is 6.07 Å². The van der Waals surface area contributed by atoms with Crippen molar-refractivity contribution >= 4 is 12.0 Å². The number of ether oxygens (including phenoxy) is 1. The highest BCUT2D eigenvalue weighted by Crippen LogP contribution is 2.30. The molecule has 22 heavy (non-hydrogen) atoms.